The monoisotopic (exact) mass is 209 g/mol. The molecule has 0 atom stereocenters. The summed E-state index contributed by atoms with van der Waals surface area (Å²) < 4.78 is 13.3. The van der Waals surface area contributed by atoms with Crippen LogP contribution in [0.1, 0.15) is 21.5 Å². The van der Waals surface area contributed by atoms with Crippen LogP contribution in [-0.2, 0) is 0 Å². The lowest BCUT2D eigenvalue weighted by Crippen LogP contribution is -2.02. The van der Waals surface area contributed by atoms with Crippen LogP contribution in [0, 0.1) is 12.7 Å². The van der Waals surface area contributed by atoms with Crippen LogP contribution in [0.5, 0.6) is 0 Å². The number of benzene rings is 1. The first-order valence-electron chi connectivity index (χ1n) is 4.46. The third-order valence-corrected chi connectivity index (χ3v) is 2.01. The Labute approximate surface area is 87.0 Å². The van der Waals surface area contributed by atoms with Gasteiger partial charge in [0, 0.05) is 12.1 Å². The Morgan fingerprint density at radius 2 is 2.27 bits per heavy atom. The third kappa shape index (κ3) is 2.63. The van der Waals surface area contributed by atoms with E-state index in [9.17, 15) is 9.18 Å². The Morgan fingerprint density at radius 1 is 1.60 bits per heavy atom. The molecule has 0 aliphatic carbocycles. The second-order valence-corrected chi connectivity index (χ2v) is 3.13. The maximum absolute atomic E-state index is 13.3. The Morgan fingerprint density at radius 3 is 2.80 bits per heavy atom. The summed E-state index contributed by atoms with van der Waals surface area (Å²) in [5.74, 6) is -1.50. The van der Waals surface area contributed by atoms with Gasteiger partial charge in [-0.2, -0.15) is 0 Å². The van der Waals surface area contributed by atoms with Crippen LogP contribution >= 0.6 is 0 Å². The Bertz CT molecular complexity index is 413. The van der Waals surface area contributed by atoms with E-state index >= 15 is 0 Å². The van der Waals surface area contributed by atoms with Gasteiger partial charge < -0.3 is 10.8 Å². The van der Waals surface area contributed by atoms with Crippen molar-refractivity contribution in [1.29, 1.82) is 0 Å². The second kappa shape index (κ2) is 4.70. The molecule has 0 saturated carbocycles. The molecule has 0 spiro atoms. The highest BCUT2D eigenvalue weighted by molar-refractivity contribution is 5.90. The van der Waals surface area contributed by atoms with Gasteiger partial charge in [-0.05, 0) is 24.6 Å². The molecule has 1 aromatic rings. The molecule has 1 aromatic carbocycles. The van der Waals surface area contributed by atoms with Crippen LogP contribution in [0.2, 0.25) is 0 Å². The van der Waals surface area contributed by atoms with Crippen molar-refractivity contribution >= 4 is 12.0 Å². The Hall–Kier alpha value is -1.68. The zero-order chi connectivity index (χ0) is 11.4. The summed E-state index contributed by atoms with van der Waals surface area (Å²) >= 11 is 0. The van der Waals surface area contributed by atoms with E-state index in [0.29, 0.717) is 5.56 Å². The van der Waals surface area contributed by atoms with Crippen molar-refractivity contribution in [1.82, 2.24) is 0 Å². The summed E-state index contributed by atoms with van der Waals surface area (Å²) in [6.45, 7) is 1.85. The smallest absolute Gasteiger partial charge is 0.335 e. The molecule has 0 aliphatic heterocycles. The Kier molecular flexibility index (Phi) is 3.57. The molecule has 0 radical (unpaired) electrons. The van der Waals surface area contributed by atoms with Crippen LogP contribution in [0.4, 0.5) is 4.39 Å². The van der Waals surface area contributed by atoms with Gasteiger partial charge >= 0.3 is 5.97 Å². The van der Waals surface area contributed by atoms with Crippen molar-refractivity contribution in [3.8, 4) is 0 Å². The molecular weight excluding hydrogens is 197 g/mol. The lowest BCUT2D eigenvalue weighted by molar-refractivity contribution is 0.0696. The van der Waals surface area contributed by atoms with Crippen molar-refractivity contribution < 1.29 is 14.3 Å². The predicted octanol–water partition coefficient (Wildman–Crippen LogP) is 1.80. The molecule has 0 heterocycles. The fraction of sp³-hybridized carbons (Fsp3) is 0.182. The summed E-state index contributed by atoms with van der Waals surface area (Å²) in [6.07, 6.45) is 3.04. The van der Waals surface area contributed by atoms with Gasteiger partial charge in [0.15, 0.2) is 0 Å². The molecule has 0 aliphatic rings. The SMILES string of the molecule is Cc1cc(F)c(/C=C/CN)cc1C(=O)O. The van der Waals surface area contributed by atoms with Crippen LogP contribution < -0.4 is 5.73 Å². The topological polar surface area (TPSA) is 63.3 Å². The average molecular weight is 209 g/mol. The lowest BCUT2D eigenvalue weighted by Gasteiger charge is -2.03. The number of carboxylic acids is 1. The summed E-state index contributed by atoms with van der Waals surface area (Å²) in [7, 11) is 0. The van der Waals surface area contributed by atoms with E-state index in [1.807, 2.05) is 0 Å². The number of nitrogens with two attached hydrogens (primary N) is 1. The Balaban J connectivity index is 3.23. The lowest BCUT2D eigenvalue weighted by atomic mass is 10.0. The number of hydrogen-bond acceptors (Lipinski definition) is 2. The molecule has 0 unspecified atom stereocenters. The molecule has 3 nitrogen and oxygen atoms in total. The molecule has 3 N–H and O–H groups in total. The van der Waals surface area contributed by atoms with Crippen molar-refractivity contribution in [3.63, 3.8) is 0 Å². The number of rotatable bonds is 3. The van der Waals surface area contributed by atoms with Gasteiger partial charge in [0.1, 0.15) is 5.82 Å². The summed E-state index contributed by atoms with van der Waals surface area (Å²) in [6, 6.07) is 2.51. The van der Waals surface area contributed by atoms with Crippen LogP contribution in [0.25, 0.3) is 6.08 Å². The molecule has 15 heavy (non-hydrogen) atoms. The minimum absolute atomic E-state index is 0.105. The zero-order valence-corrected chi connectivity index (χ0v) is 8.33. The highest BCUT2D eigenvalue weighted by atomic mass is 19.1. The fourth-order valence-electron chi connectivity index (χ4n) is 1.24. The number of carbonyl (C=O) groups is 1. The van der Waals surface area contributed by atoms with Crippen molar-refractivity contribution in [2.45, 2.75) is 6.92 Å². The molecule has 80 valence electrons. The highest BCUT2D eigenvalue weighted by Gasteiger charge is 2.10. The number of aromatic carboxylic acids is 1. The molecule has 0 bridgehead atoms. The number of halogens is 1. The van der Waals surface area contributed by atoms with Gasteiger partial charge in [-0.1, -0.05) is 12.2 Å². The molecule has 1 rings (SSSR count). The minimum Gasteiger partial charge on any atom is -0.478 e. The average Bonchev–Trinajstić information content (AvgIpc) is 2.16. The van der Waals surface area contributed by atoms with Gasteiger partial charge in [-0.3, -0.25) is 0 Å². The van der Waals surface area contributed by atoms with Gasteiger partial charge in [-0.25, -0.2) is 9.18 Å². The number of hydrogen-bond donors (Lipinski definition) is 2. The first-order valence-corrected chi connectivity index (χ1v) is 4.46. The van der Waals surface area contributed by atoms with Crippen LogP contribution in [0.3, 0.4) is 0 Å². The van der Waals surface area contributed by atoms with E-state index < -0.39 is 11.8 Å². The third-order valence-electron chi connectivity index (χ3n) is 2.01. The van der Waals surface area contributed by atoms with E-state index in [1.165, 1.54) is 18.2 Å². The van der Waals surface area contributed by atoms with Gasteiger partial charge in [-0.15, -0.1) is 0 Å². The minimum atomic E-state index is -1.06. The summed E-state index contributed by atoms with van der Waals surface area (Å²) in [4.78, 5) is 10.8. The molecule has 4 heteroatoms. The summed E-state index contributed by atoms with van der Waals surface area (Å²) in [5, 5.41) is 8.84. The largest absolute Gasteiger partial charge is 0.478 e. The van der Waals surface area contributed by atoms with E-state index in [1.54, 1.807) is 13.0 Å². The van der Waals surface area contributed by atoms with Gasteiger partial charge in [0.2, 0.25) is 0 Å². The maximum Gasteiger partial charge on any atom is 0.335 e. The van der Waals surface area contributed by atoms with E-state index in [2.05, 4.69) is 0 Å². The fourth-order valence-corrected chi connectivity index (χ4v) is 1.24. The van der Waals surface area contributed by atoms with Crippen molar-refractivity contribution in [3.05, 3.63) is 40.7 Å². The number of aryl methyl sites for hydroxylation is 1. The highest BCUT2D eigenvalue weighted by Crippen LogP contribution is 2.16. The number of carboxylic acid groups (broad SMARTS) is 1. The van der Waals surface area contributed by atoms with Gasteiger partial charge in [0.05, 0.1) is 5.56 Å². The zero-order valence-electron chi connectivity index (χ0n) is 8.33. The summed E-state index contributed by atoms with van der Waals surface area (Å²) in [5.41, 5.74) is 5.98. The predicted molar refractivity (Wildman–Crippen MR) is 56.2 cm³/mol. The van der Waals surface area contributed by atoms with Crippen molar-refractivity contribution in [2.75, 3.05) is 6.54 Å². The standard InChI is InChI=1S/C11H12FNO2/c1-7-5-10(12)8(3-2-4-13)6-9(7)11(14)15/h2-3,5-6H,4,13H2,1H3,(H,14,15)/b3-2+. The quantitative estimate of drug-likeness (QED) is 0.797. The van der Waals surface area contributed by atoms with E-state index in [4.69, 9.17) is 10.8 Å². The molecule has 0 saturated heterocycles. The van der Waals surface area contributed by atoms with E-state index in [-0.39, 0.29) is 17.7 Å². The molecular formula is C11H12FNO2. The maximum atomic E-state index is 13.3. The molecule has 0 aromatic heterocycles. The second-order valence-electron chi connectivity index (χ2n) is 3.13. The van der Waals surface area contributed by atoms with Crippen LogP contribution in [-0.4, -0.2) is 17.6 Å². The first kappa shape index (κ1) is 11.4. The van der Waals surface area contributed by atoms with E-state index in [0.717, 1.165) is 0 Å². The molecule has 0 fully saturated rings. The van der Waals surface area contributed by atoms with Crippen molar-refractivity contribution in [2.24, 2.45) is 5.73 Å². The molecule has 0 amide bonds. The first-order chi connectivity index (χ1) is 7.06. The van der Waals surface area contributed by atoms with Crippen LogP contribution in [0.15, 0.2) is 18.2 Å². The normalized spacial score (nSPS) is 10.9. The van der Waals surface area contributed by atoms with Gasteiger partial charge in [0.25, 0.3) is 0 Å².